The molecular formula is C24H26N2O5S. The summed E-state index contributed by atoms with van der Waals surface area (Å²) in [5.41, 5.74) is 2.02. The Kier molecular flexibility index (Phi) is 7.50. The molecule has 0 spiro atoms. The molecule has 0 unspecified atom stereocenters. The van der Waals surface area contributed by atoms with E-state index >= 15 is 0 Å². The maximum atomic E-state index is 13.4. The molecule has 3 rings (SSSR count). The monoisotopic (exact) mass is 454 g/mol. The van der Waals surface area contributed by atoms with Gasteiger partial charge in [-0.3, -0.25) is 4.79 Å². The van der Waals surface area contributed by atoms with E-state index in [0.717, 1.165) is 5.56 Å². The fraction of sp³-hybridized carbons (Fsp3) is 0.208. The van der Waals surface area contributed by atoms with Crippen LogP contribution in [0.15, 0.2) is 77.7 Å². The van der Waals surface area contributed by atoms with E-state index in [1.807, 2.05) is 30.3 Å². The van der Waals surface area contributed by atoms with Gasteiger partial charge >= 0.3 is 0 Å². The van der Waals surface area contributed by atoms with Crippen molar-refractivity contribution >= 4 is 21.6 Å². The Bertz CT molecular complexity index is 1160. The number of rotatable bonds is 9. The second-order valence-corrected chi connectivity index (χ2v) is 9.10. The molecule has 32 heavy (non-hydrogen) atoms. The summed E-state index contributed by atoms with van der Waals surface area (Å²) in [5, 5.41) is 2.74. The number of carbonyl (C=O) groups is 1. The van der Waals surface area contributed by atoms with E-state index in [4.69, 9.17) is 9.47 Å². The van der Waals surface area contributed by atoms with Crippen LogP contribution < -0.4 is 14.8 Å². The van der Waals surface area contributed by atoms with E-state index in [0.29, 0.717) is 22.7 Å². The molecule has 0 radical (unpaired) electrons. The normalized spacial score (nSPS) is 11.2. The van der Waals surface area contributed by atoms with Gasteiger partial charge in [0, 0.05) is 12.2 Å². The predicted molar refractivity (Wildman–Crippen MR) is 123 cm³/mol. The summed E-state index contributed by atoms with van der Waals surface area (Å²) in [5.74, 6) is 0.807. The minimum Gasteiger partial charge on any atom is -0.497 e. The summed E-state index contributed by atoms with van der Waals surface area (Å²) >= 11 is 0. The van der Waals surface area contributed by atoms with Crippen LogP contribution in [0.4, 0.5) is 5.69 Å². The lowest BCUT2D eigenvalue weighted by atomic mass is 10.2. The minimum atomic E-state index is -3.95. The first kappa shape index (κ1) is 23.3. The van der Waals surface area contributed by atoms with Gasteiger partial charge in [0.05, 0.1) is 25.7 Å². The number of nitrogens with one attached hydrogen (secondary N) is 1. The Labute approximate surface area is 188 Å². The fourth-order valence-corrected chi connectivity index (χ4v) is 4.68. The van der Waals surface area contributed by atoms with E-state index < -0.39 is 15.9 Å². The second-order valence-electron chi connectivity index (χ2n) is 7.17. The van der Waals surface area contributed by atoms with Crippen LogP contribution in [0.3, 0.4) is 0 Å². The molecule has 1 amide bonds. The number of anilines is 1. The van der Waals surface area contributed by atoms with Crippen molar-refractivity contribution in [2.75, 3.05) is 26.1 Å². The van der Waals surface area contributed by atoms with E-state index in [1.165, 1.54) is 17.5 Å². The number of benzene rings is 3. The summed E-state index contributed by atoms with van der Waals surface area (Å²) in [4.78, 5) is 12.8. The van der Waals surface area contributed by atoms with Crippen molar-refractivity contribution in [2.24, 2.45) is 0 Å². The third kappa shape index (κ3) is 5.66. The molecule has 0 aliphatic carbocycles. The Morgan fingerprint density at radius 2 is 1.62 bits per heavy atom. The molecule has 0 saturated heterocycles. The van der Waals surface area contributed by atoms with E-state index in [2.05, 4.69) is 5.32 Å². The maximum absolute atomic E-state index is 13.4. The quantitative estimate of drug-likeness (QED) is 0.531. The Balaban J connectivity index is 1.86. The molecule has 0 aliphatic heterocycles. The number of hydrogen-bond donors (Lipinski definition) is 1. The summed E-state index contributed by atoms with van der Waals surface area (Å²) in [6.45, 7) is 1.49. The van der Waals surface area contributed by atoms with Crippen molar-refractivity contribution < 1.29 is 22.7 Å². The summed E-state index contributed by atoms with van der Waals surface area (Å²) in [7, 11) is -0.862. The highest BCUT2D eigenvalue weighted by Gasteiger charge is 2.27. The van der Waals surface area contributed by atoms with Crippen molar-refractivity contribution in [1.82, 2.24) is 4.31 Å². The molecular weight excluding hydrogens is 428 g/mol. The summed E-state index contributed by atoms with van der Waals surface area (Å²) in [6, 6.07) is 20.6. The maximum Gasteiger partial charge on any atom is 0.243 e. The van der Waals surface area contributed by atoms with Gasteiger partial charge in [-0.1, -0.05) is 30.3 Å². The fourth-order valence-electron chi connectivity index (χ4n) is 3.21. The molecule has 7 nitrogen and oxygen atoms in total. The highest BCUT2D eigenvalue weighted by molar-refractivity contribution is 7.89. The molecule has 0 heterocycles. The largest absolute Gasteiger partial charge is 0.497 e. The van der Waals surface area contributed by atoms with Crippen LogP contribution in [0.25, 0.3) is 0 Å². The van der Waals surface area contributed by atoms with Gasteiger partial charge in [0.25, 0.3) is 0 Å². The number of ether oxygens (including phenoxy) is 2. The molecule has 0 atom stereocenters. The number of amides is 1. The van der Waals surface area contributed by atoms with Gasteiger partial charge in [-0.2, -0.15) is 4.31 Å². The Morgan fingerprint density at radius 1 is 0.938 bits per heavy atom. The second kappa shape index (κ2) is 10.3. The molecule has 1 N–H and O–H groups in total. The minimum absolute atomic E-state index is 0.0598. The average molecular weight is 455 g/mol. The van der Waals surface area contributed by atoms with E-state index in [-0.39, 0.29) is 18.0 Å². The molecule has 0 fully saturated rings. The third-order valence-electron chi connectivity index (χ3n) is 4.90. The third-order valence-corrected chi connectivity index (χ3v) is 6.69. The number of methoxy groups -OCH3 is 2. The number of aryl methyl sites for hydroxylation is 1. The zero-order valence-electron chi connectivity index (χ0n) is 18.2. The topological polar surface area (TPSA) is 84.9 Å². The molecule has 8 heteroatoms. The van der Waals surface area contributed by atoms with Gasteiger partial charge in [-0.25, -0.2) is 8.42 Å². The first-order chi connectivity index (χ1) is 15.3. The SMILES string of the molecule is COc1ccc(NC(=O)CN(Cc2ccccc2)S(=O)(=O)c2ccc(OC)c(C)c2)cc1. The van der Waals surface area contributed by atoms with Gasteiger partial charge in [-0.15, -0.1) is 0 Å². The van der Waals surface area contributed by atoms with Crippen LogP contribution in [0, 0.1) is 6.92 Å². The van der Waals surface area contributed by atoms with E-state index in [9.17, 15) is 13.2 Å². The van der Waals surface area contributed by atoms with Crippen LogP contribution in [0.1, 0.15) is 11.1 Å². The Morgan fingerprint density at radius 3 is 2.22 bits per heavy atom. The summed E-state index contributed by atoms with van der Waals surface area (Å²) in [6.07, 6.45) is 0. The Hall–Kier alpha value is -3.36. The molecule has 168 valence electrons. The van der Waals surface area contributed by atoms with Gasteiger partial charge in [0.1, 0.15) is 11.5 Å². The van der Waals surface area contributed by atoms with Crippen molar-refractivity contribution in [1.29, 1.82) is 0 Å². The van der Waals surface area contributed by atoms with Crippen LogP contribution in [-0.4, -0.2) is 39.4 Å². The zero-order chi connectivity index (χ0) is 23.1. The van der Waals surface area contributed by atoms with Crippen molar-refractivity contribution in [3.05, 3.63) is 83.9 Å². The number of sulfonamides is 1. The van der Waals surface area contributed by atoms with Crippen molar-refractivity contribution in [3.63, 3.8) is 0 Å². The van der Waals surface area contributed by atoms with Crippen LogP contribution in [-0.2, 0) is 21.4 Å². The first-order valence-corrected chi connectivity index (χ1v) is 11.4. The highest BCUT2D eigenvalue weighted by Crippen LogP contribution is 2.25. The van der Waals surface area contributed by atoms with Gasteiger partial charge in [0.2, 0.25) is 15.9 Å². The van der Waals surface area contributed by atoms with Gasteiger partial charge in [0.15, 0.2) is 0 Å². The highest BCUT2D eigenvalue weighted by atomic mass is 32.2. The van der Waals surface area contributed by atoms with Crippen LogP contribution in [0.5, 0.6) is 11.5 Å². The van der Waals surface area contributed by atoms with Crippen molar-refractivity contribution in [2.45, 2.75) is 18.4 Å². The smallest absolute Gasteiger partial charge is 0.243 e. The average Bonchev–Trinajstić information content (AvgIpc) is 2.79. The van der Waals surface area contributed by atoms with Gasteiger partial charge in [-0.05, 0) is 60.5 Å². The lowest BCUT2D eigenvalue weighted by Gasteiger charge is -2.22. The predicted octanol–water partition coefficient (Wildman–Crippen LogP) is 3.84. The number of hydrogen-bond acceptors (Lipinski definition) is 5. The van der Waals surface area contributed by atoms with E-state index in [1.54, 1.807) is 50.4 Å². The number of nitrogens with zero attached hydrogens (tertiary/aromatic N) is 1. The molecule has 3 aromatic carbocycles. The van der Waals surface area contributed by atoms with Gasteiger partial charge < -0.3 is 14.8 Å². The molecule has 0 aromatic heterocycles. The van der Waals surface area contributed by atoms with Crippen molar-refractivity contribution in [3.8, 4) is 11.5 Å². The number of carbonyl (C=O) groups excluding carboxylic acids is 1. The summed E-state index contributed by atoms with van der Waals surface area (Å²) < 4.78 is 38.4. The zero-order valence-corrected chi connectivity index (χ0v) is 19.1. The van der Waals surface area contributed by atoms with Crippen LogP contribution in [0.2, 0.25) is 0 Å². The molecule has 0 aliphatic rings. The first-order valence-electron chi connectivity index (χ1n) is 9.96. The molecule has 3 aromatic rings. The lowest BCUT2D eigenvalue weighted by molar-refractivity contribution is -0.116. The lowest BCUT2D eigenvalue weighted by Crippen LogP contribution is -2.37. The molecule has 0 saturated carbocycles. The standard InChI is InChI=1S/C24H26N2O5S/c1-18-15-22(13-14-23(18)31-3)32(28,29)26(16-19-7-5-4-6-8-19)17-24(27)25-20-9-11-21(30-2)12-10-20/h4-15H,16-17H2,1-3H3,(H,25,27). The van der Waals surface area contributed by atoms with Crippen LogP contribution >= 0.6 is 0 Å². The molecule has 0 bridgehead atoms.